The van der Waals surface area contributed by atoms with Crippen LogP contribution in [0.15, 0.2) is 48.5 Å². The number of imide groups is 1. The summed E-state index contributed by atoms with van der Waals surface area (Å²) in [5, 5.41) is 2.67. The standard InChI is InChI=1S/C25H29FN2O3/c1-2-3-4-5-6-7-11-14-22(29)23-20-17-18(26)15-16-21(20)28(24(23)30)25(31)27-19-12-9-8-10-13-19/h8-10,12-13,15-17,23H,2-7,11,14H2,1H3,(H,27,31). The molecular weight excluding hydrogens is 395 g/mol. The molecule has 0 bridgehead atoms. The Morgan fingerprint density at radius 3 is 2.35 bits per heavy atom. The number of anilines is 2. The van der Waals surface area contributed by atoms with Crippen molar-refractivity contribution >= 4 is 29.1 Å². The van der Waals surface area contributed by atoms with Gasteiger partial charge in [0.05, 0.1) is 5.69 Å². The van der Waals surface area contributed by atoms with Crippen LogP contribution in [0.4, 0.5) is 20.6 Å². The Bertz CT molecular complexity index is 930. The summed E-state index contributed by atoms with van der Waals surface area (Å²) in [5.74, 6) is -2.56. The highest BCUT2D eigenvalue weighted by molar-refractivity contribution is 6.29. The lowest BCUT2D eigenvalue weighted by Crippen LogP contribution is -2.39. The topological polar surface area (TPSA) is 66.5 Å². The van der Waals surface area contributed by atoms with Gasteiger partial charge in [0.15, 0.2) is 0 Å². The molecular formula is C25H29FN2O3. The number of nitrogens with one attached hydrogen (secondary N) is 1. The molecule has 2 aromatic rings. The number of nitrogens with zero attached hydrogens (tertiary/aromatic N) is 1. The number of amides is 3. The van der Waals surface area contributed by atoms with E-state index in [0.29, 0.717) is 12.1 Å². The molecule has 0 radical (unpaired) electrons. The second kappa shape index (κ2) is 10.8. The molecule has 1 aliphatic rings. The molecule has 5 nitrogen and oxygen atoms in total. The molecule has 164 valence electrons. The largest absolute Gasteiger partial charge is 0.333 e. The molecule has 0 fully saturated rings. The molecule has 0 aromatic heterocycles. The Morgan fingerprint density at radius 1 is 0.968 bits per heavy atom. The number of urea groups is 1. The number of benzene rings is 2. The minimum absolute atomic E-state index is 0.244. The third kappa shape index (κ3) is 5.57. The van der Waals surface area contributed by atoms with Crippen molar-refractivity contribution in [3.8, 4) is 0 Å². The number of unbranched alkanes of at least 4 members (excludes halogenated alkanes) is 6. The normalized spacial score (nSPS) is 15.1. The number of para-hydroxylation sites is 1. The Hall–Kier alpha value is -3.02. The summed E-state index contributed by atoms with van der Waals surface area (Å²) in [6, 6.07) is 11.9. The number of halogens is 1. The fraction of sp³-hybridized carbons (Fsp3) is 0.400. The maximum Gasteiger partial charge on any atom is 0.333 e. The van der Waals surface area contributed by atoms with E-state index >= 15 is 0 Å². The minimum atomic E-state index is -1.13. The highest BCUT2D eigenvalue weighted by atomic mass is 19.1. The number of Topliss-reactive ketones (excluding diaryl/α,β-unsaturated/α-hetero) is 1. The molecule has 6 heteroatoms. The zero-order valence-electron chi connectivity index (χ0n) is 17.9. The second-order valence-electron chi connectivity index (χ2n) is 7.94. The predicted octanol–water partition coefficient (Wildman–Crippen LogP) is 6.20. The van der Waals surface area contributed by atoms with Crippen molar-refractivity contribution in [3.63, 3.8) is 0 Å². The molecule has 2 aromatic carbocycles. The Labute approximate surface area is 182 Å². The molecule has 1 atom stereocenters. The summed E-state index contributed by atoms with van der Waals surface area (Å²) in [7, 11) is 0. The van der Waals surface area contributed by atoms with Gasteiger partial charge in [-0.15, -0.1) is 0 Å². The van der Waals surface area contributed by atoms with Crippen molar-refractivity contribution in [3.05, 3.63) is 59.9 Å². The number of ketones is 1. The highest BCUT2D eigenvalue weighted by Gasteiger charge is 2.44. The number of carbonyl (C=O) groups excluding carboxylic acids is 3. The fourth-order valence-corrected chi connectivity index (χ4v) is 3.96. The van der Waals surface area contributed by atoms with Gasteiger partial charge >= 0.3 is 6.03 Å². The van der Waals surface area contributed by atoms with Gasteiger partial charge in [-0.1, -0.05) is 63.6 Å². The van der Waals surface area contributed by atoms with Crippen LogP contribution in [-0.4, -0.2) is 17.7 Å². The molecule has 0 spiro atoms. The Balaban J connectivity index is 1.69. The molecule has 0 aliphatic carbocycles. The summed E-state index contributed by atoms with van der Waals surface area (Å²) in [4.78, 5) is 39.7. The van der Waals surface area contributed by atoms with Crippen molar-refractivity contribution in [1.29, 1.82) is 0 Å². The van der Waals surface area contributed by atoms with Crippen LogP contribution in [0, 0.1) is 5.82 Å². The fourth-order valence-electron chi connectivity index (χ4n) is 3.96. The summed E-state index contributed by atoms with van der Waals surface area (Å²) < 4.78 is 13.9. The quantitative estimate of drug-likeness (QED) is 0.365. The van der Waals surface area contributed by atoms with Gasteiger partial charge in [-0.2, -0.15) is 0 Å². The van der Waals surface area contributed by atoms with E-state index in [-0.39, 0.29) is 23.5 Å². The van der Waals surface area contributed by atoms with Gasteiger partial charge in [0.2, 0.25) is 5.91 Å². The van der Waals surface area contributed by atoms with Gasteiger partial charge in [-0.3, -0.25) is 9.59 Å². The van der Waals surface area contributed by atoms with Crippen LogP contribution in [0.25, 0.3) is 0 Å². The molecule has 1 N–H and O–H groups in total. The van der Waals surface area contributed by atoms with Gasteiger partial charge in [0.1, 0.15) is 17.5 Å². The highest BCUT2D eigenvalue weighted by Crippen LogP contribution is 2.39. The van der Waals surface area contributed by atoms with Gasteiger partial charge in [0.25, 0.3) is 0 Å². The first kappa shape index (κ1) is 22.7. The summed E-state index contributed by atoms with van der Waals surface area (Å²) >= 11 is 0. The number of fused-ring (bicyclic) bond motifs is 1. The van der Waals surface area contributed by atoms with Gasteiger partial charge in [-0.05, 0) is 42.3 Å². The van der Waals surface area contributed by atoms with E-state index in [1.54, 1.807) is 24.3 Å². The maximum atomic E-state index is 13.9. The first-order valence-corrected chi connectivity index (χ1v) is 11.0. The Kier molecular flexibility index (Phi) is 7.93. The SMILES string of the molecule is CCCCCCCCCC(=O)C1C(=O)N(C(=O)Nc2ccccc2)c2ccc(F)cc21. The van der Waals surface area contributed by atoms with E-state index < -0.39 is 23.7 Å². The minimum Gasteiger partial charge on any atom is -0.307 e. The van der Waals surface area contributed by atoms with Crippen LogP contribution in [0.1, 0.15) is 69.8 Å². The molecule has 1 unspecified atom stereocenters. The molecule has 1 heterocycles. The zero-order chi connectivity index (χ0) is 22.2. The van der Waals surface area contributed by atoms with Crippen molar-refractivity contribution < 1.29 is 18.8 Å². The van der Waals surface area contributed by atoms with Crippen molar-refractivity contribution in [2.75, 3.05) is 10.2 Å². The number of rotatable bonds is 10. The first-order valence-electron chi connectivity index (χ1n) is 11.0. The van der Waals surface area contributed by atoms with Crippen molar-refractivity contribution in [2.45, 2.75) is 64.2 Å². The molecule has 31 heavy (non-hydrogen) atoms. The van der Waals surface area contributed by atoms with Crippen LogP contribution in [0.2, 0.25) is 0 Å². The zero-order valence-corrected chi connectivity index (χ0v) is 17.9. The number of carbonyl (C=O) groups is 3. The van der Waals surface area contributed by atoms with Crippen molar-refractivity contribution in [2.24, 2.45) is 0 Å². The lowest BCUT2D eigenvalue weighted by molar-refractivity contribution is -0.128. The van der Waals surface area contributed by atoms with E-state index in [0.717, 1.165) is 24.2 Å². The van der Waals surface area contributed by atoms with Crippen LogP contribution in [-0.2, 0) is 9.59 Å². The predicted molar refractivity (Wildman–Crippen MR) is 120 cm³/mol. The lowest BCUT2D eigenvalue weighted by Gasteiger charge is -2.17. The van der Waals surface area contributed by atoms with E-state index in [1.807, 2.05) is 6.07 Å². The number of hydrogen-bond acceptors (Lipinski definition) is 3. The molecule has 3 rings (SSSR count). The first-order chi connectivity index (χ1) is 15.0. The van der Waals surface area contributed by atoms with Gasteiger partial charge < -0.3 is 5.32 Å². The molecule has 1 aliphatic heterocycles. The van der Waals surface area contributed by atoms with E-state index in [9.17, 15) is 18.8 Å². The van der Waals surface area contributed by atoms with E-state index in [1.165, 1.54) is 37.5 Å². The van der Waals surface area contributed by atoms with Gasteiger partial charge in [-0.25, -0.2) is 14.1 Å². The summed E-state index contributed by atoms with van der Waals surface area (Å²) in [6.45, 7) is 2.17. The van der Waals surface area contributed by atoms with Crippen LogP contribution in [0.3, 0.4) is 0 Å². The Morgan fingerprint density at radius 2 is 1.65 bits per heavy atom. The molecule has 0 saturated heterocycles. The molecule has 0 saturated carbocycles. The van der Waals surface area contributed by atoms with Crippen LogP contribution < -0.4 is 10.2 Å². The smallest absolute Gasteiger partial charge is 0.307 e. The van der Waals surface area contributed by atoms with Gasteiger partial charge in [0, 0.05) is 12.1 Å². The average Bonchev–Trinajstić information content (AvgIpc) is 3.04. The lowest BCUT2D eigenvalue weighted by atomic mass is 9.92. The van der Waals surface area contributed by atoms with E-state index in [2.05, 4.69) is 12.2 Å². The van der Waals surface area contributed by atoms with Crippen LogP contribution in [0.5, 0.6) is 0 Å². The molecule has 3 amide bonds. The monoisotopic (exact) mass is 424 g/mol. The maximum absolute atomic E-state index is 13.9. The van der Waals surface area contributed by atoms with Crippen LogP contribution >= 0.6 is 0 Å². The summed E-state index contributed by atoms with van der Waals surface area (Å²) in [6.07, 6.45) is 7.66. The third-order valence-corrected chi connectivity index (χ3v) is 5.59. The summed E-state index contributed by atoms with van der Waals surface area (Å²) in [5.41, 5.74) is 1.06. The second-order valence-corrected chi connectivity index (χ2v) is 7.94. The third-order valence-electron chi connectivity index (χ3n) is 5.59. The van der Waals surface area contributed by atoms with Crippen molar-refractivity contribution in [1.82, 2.24) is 0 Å². The average molecular weight is 425 g/mol. The number of hydrogen-bond donors (Lipinski definition) is 1. The van der Waals surface area contributed by atoms with E-state index in [4.69, 9.17) is 0 Å².